The van der Waals surface area contributed by atoms with Gasteiger partial charge in [0, 0.05) is 11.8 Å². The molecule has 2 aliphatic rings. The Hall–Kier alpha value is -3.24. The lowest BCUT2D eigenvalue weighted by Crippen LogP contribution is -2.24. The topological polar surface area (TPSA) is 72.3 Å². The lowest BCUT2D eigenvalue weighted by Gasteiger charge is -2.16. The minimum absolute atomic E-state index is 0.0274. The molecule has 0 radical (unpaired) electrons. The average Bonchev–Trinajstić information content (AvgIpc) is 3.30. The number of hydrogen-bond donors (Lipinski definition) is 0. The van der Waals surface area contributed by atoms with Crippen molar-refractivity contribution in [1.82, 2.24) is 0 Å². The Balaban J connectivity index is 1.93. The molecule has 26 heavy (non-hydrogen) atoms. The highest BCUT2D eigenvalue weighted by molar-refractivity contribution is 6.15. The van der Waals surface area contributed by atoms with Crippen molar-refractivity contribution >= 4 is 11.4 Å². The molecule has 0 bridgehead atoms. The first-order valence-corrected chi connectivity index (χ1v) is 8.65. The van der Waals surface area contributed by atoms with Crippen molar-refractivity contribution in [1.29, 1.82) is 10.5 Å². The SMILES string of the molecule is CC1(C)C2C(c3ccccc3)=NC(C#N)(C#N)N=C(c3ccccc3)C21. The highest BCUT2D eigenvalue weighted by Gasteiger charge is 2.64. The van der Waals surface area contributed by atoms with Crippen molar-refractivity contribution in [3.8, 4) is 12.1 Å². The molecule has 0 saturated heterocycles. The van der Waals surface area contributed by atoms with Gasteiger partial charge in [0.15, 0.2) is 0 Å². The van der Waals surface area contributed by atoms with Crippen LogP contribution in [0.25, 0.3) is 0 Å². The van der Waals surface area contributed by atoms with Gasteiger partial charge in [0.05, 0.1) is 11.4 Å². The summed E-state index contributed by atoms with van der Waals surface area (Å²) in [6, 6.07) is 23.7. The van der Waals surface area contributed by atoms with E-state index >= 15 is 0 Å². The van der Waals surface area contributed by atoms with Crippen molar-refractivity contribution in [3.63, 3.8) is 0 Å². The second-order valence-electron chi connectivity index (χ2n) is 7.40. The molecule has 2 atom stereocenters. The van der Waals surface area contributed by atoms with Crippen molar-refractivity contribution in [3.05, 3.63) is 71.8 Å². The lowest BCUT2D eigenvalue weighted by atomic mass is 9.99. The first-order valence-electron chi connectivity index (χ1n) is 8.65. The van der Waals surface area contributed by atoms with E-state index in [4.69, 9.17) is 0 Å². The van der Waals surface area contributed by atoms with Crippen molar-refractivity contribution in [2.24, 2.45) is 27.2 Å². The molecule has 1 aliphatic heterocycles. The number of aliphatic imine (C=N–C) groups is 2. The highest BCUT2D eigenvalue weighted by atomic mass is 15.1. The van der Waals surface area contributed by atoms with Crippen LogP contribution in [0.15, 0.2) is 70.6 Å². The van der Waals surface area contributed by atoms with E-state index in [1.54, 1.807) is 0 Å². The largest absolute Gasteiger partial charge is 0.326 e. The molecule has 4 nitrogen and oxygen atoms in total. The van der Waals surface area contributed by atoms with E-state index in [1.165, 1.54) is 0 Å². The molecule has 1 saturated carbocycles. The highest BCUT2D eigenvalue weighted by Crippen LogP contribution is 2.62. The lowest BCUT2D eigenvalue weighted by molar-refractivity contribution is 0.591. The number of benzene rings is 2. The molecule has 126 valence electrons. The molecule has 4 heteroatoms. The molecule has 2 aromatic rings. The van der Waals surface area contributed by atoms with E-state index in [9.17, 15) is 10.5 Å². The van der Waals surface area contributed by atoms with Gasteiger partial charge in [-0.05, 0) is 16.5 Å². The van der Waals surface area contributed by atoms with Gasteiger partial charge in [0.25, 0.3) is 0 Å². The van der Waals surface area contributed by atoms with Gasteiger partial charge in [0.1, 0.15) is 12.1 Å². The first kappa shape index (κ1) is 16.2. The van der Waals surface area contributed by atoms with Crippen LogP contribution in [0, 0.1) is 39.9 Å². The van der Waals surface area contributed by atoms with Gasteiger partial charge in [0.2, 0.25) is 0 Å². The van der Waals surface area contributed by atoms with Crippen molar-refractivity contribution in [2.75, 3.05) is 0 Å². The molecular formula is C22H18N4. The standard InChI is InChI=1S/C22H18N4/c1-21(2)17-18(21)20(16-11-7-4-8-12-16)26-22(13-23,14-24)25-19(17)15-9-5-3-6-10-15/h3-12,17-18H,1-2H3. The molecule has 1 fully saturated rings. The third-order valence-electron chi connectivity index (χ3n) is 5.43. The van der Waals surface area contributed by atoms with E-state index < -0.39 is 5.66 Å². The summed E-state index contributed by atoms with van der Waals surface area (Å²) >= 11 is 0. The van der Waals surface area contributed by atoms with Crippen LogP contribution < -0.4 is 0 Å². The van der Waals surface area contributed by atoms with Crippen LogP contribution in [0.1, 0.15) is 25.0 Å². The van der Waals surface area contributed by atoms with E-state index in [2.05, 4.69) is 23.8 Å². The summed E-state index contributed by atoms with van der Waals surface area (Å²) in [7, 11) is 0. The van der Waals surface area contributed by atoms with E-state index in [0.29, 0.717) is 0 Å². The molecule has 0 aromatic heterocycles. The fraction of sp³-hybridized carbons (Fsp3) is 0.273. The predicted octanol–water partition coefficient (Wildman–Crippen LogP) is 3.99. The predicted molar refractivity (Wildman–Crippen MR) is 101 cm³/mol. The number of fused-ring (bicyclic) bond motifs is 1. The van der Waals surface area contributed by atoms with E-state index in [-0.39, 0.29) is 17.3 Å². The van der Waals surface area contributed by atoms with Crippen molar-refractivity contribution in [2.45, 2.75) is 19.5 Å². The molecule has 2 aromatic carbocycles. The summed E-state index contributed by atoms with van der Waals surface area (Å²) in [6.45, 7) is 4.40. The van der Waals surface area contributed by atoms with Gasteiger partial charge < -0.3 is 0 Å². The van der Waals surface area contributed by atoms with Crippen LogP contribution in [-0.4, -0.2) is 17.1 Å². The first-order chi connectivity index (χ1) is 12.5. The van der Waals surface area contributed by atoms with Gasteiger partial charge in [-0.2, -0.15) is 10.5 Å². The fourth-order valence-corrected chi connectivity index (χ4v) is 4.00. The van der Waals surface area contributed by atoms with Gasteiger partial charge in [-0.15, -0.1) is 0 Å². The molecule has 4 rings (SSSR count). The summed E-state index contributed by atoms with van der Waals surface area (Å²) in [4.78, 5) is 9.23. The maximum atomic E-state index is 9.74. The second-order valence-corrected chi connectivity index (χ2v) is 7.40. The Kier molecular flexibility index (Phi) is 3.53. The Morgan fingerprint density at radius 1 is 0.731 bits per heavy atom. The minimum Gasteiger partial charge on any atom is -0.232 e. The average molecular weight is 338 g/mol. The summed E-state index contributed by atoms with van der Waals surface area (Å²) < 4.78 is 0. The van der Waals surface area contributed by atoms with Crippen LogP contribution in [-0.2, 0) is 0 Å². The minimum atomic E-state index is -1.74. The molecule has 0 amide bonds. The van der Waals surface area contributed by atoms with E-state index in [0.717, 1.165) is 22.6 Å². The Morgan fingerprint density at radius 2 is 1.12 bits per heavy atom. The van der Waals surface area contributed by atoms with Gasteiger partial charge in [-0.25, -0.2) is 9.98 Å². The van der Waals surface area contributed by atoms with Crippen LogP contribution in [0.3, 0.4) is 0 Å². The monoisotopic (exact) mass is 338 g/mol. The normalized spacial score (nSPS) is 24.8. The number of nitrogens with zero attached hydrogens (tertiary/aromatic N) is 4. The van der Waals surface area contributed by atoms with Gasteiger partial charge in [-0.1, -0.05) is 74.5 Å². The van der Waals surface area contributed by atoms with Gasteiger partial charge >= 0.3 is 5.66 Å². The quantitative estimate of drug-likeness (QED) is 0.830. The maximum Gasteiger partial charge on any atom is 0.326 e. The smallest absolute Gasteiger partial charge is 0.232 e. The zero-order valence-electron chi connectivity index (χ0n) is 14.7. The molecule has 1 aliphatic carbocycles. The number of rotatable bonds is 2. The van der Waals surface area contributed by atoms with Crippen molar-refractivity contribution < 1.29 is 0 Å². The van der Waals surface area contributed by atoms with Crippen LogP contribution in [0.5, 0.6) is 0 Å². The zero-order valence-corrected chi connectivity index (χ0v) is 14.7. The third-order valence-corrected chi connectivity index (χ3v) is 5.43. The molecule has 0 N–H and O–H groups in total. The van der Waals surface area contributed by atoms with Crippen LogP contribution in [0.4, 0.5) is 0 Å². The maximum absolute atomic E-state index is 9.74. The number of nitriles is 2. The molecule has 0 spiro atoms. The van der Waals surface area contributed by atoms with Gasteiger partial charge in [-0.3, -0.25) is 0 Å². The number of hydrogen-bond acceptors (Lipinski definition) is 4. The Morgan fingerprint density at radius 3 is 1.46 bits per heavy atom. The third kappa shape index (κ3) is 2.35. The summed E-state index contributed by atoms with van der Waals surface area (Å²) in [5.74, 6) is 0.264. The second kappa shape index (κ2) is 5.64. The Bertz CT molecular complexity index is 906. The molecular weight excluding hydrogens is 320 g/mol. The van der Waals surface area contributed by atoms with Crippen LogP contribution in [0.2, 0.25) is 0 Å². The van der Waals surface area contributed by atoms with E-state index in [1.807, 2.05) is 72.8 Å². The Labute approximate surface area is 153 Å². The summed E-state index contributed by atoms with van der Waals surface area (Å²) in [5.41, 5.74) is 1.75. The molecule has 2 unspecified atom stereocenters. The fourth-order valence-electron chi connectivity index (χ4n) is 4.00. The summed E-state index contributed by atoms with van der Waals surface area (Å²) in [6.07, 6.45) is 0. The van der Waals surface area contributed by atoms with Crippen LogP contribution >= 0.6 is 0 Å². The zero-order chi connectivity index (χ0) is 18.4. The summed E-state index contributed by atoms with van der Waals surface area (Å²) in [5, 5.41) is 19.5. The molecule has 1 heterocycles.